The Morgan fingerprint density at radius 3 is 2.60 bits per heavy atom. The van der Waals surface area contributed by atoms with Crippen LogP contribution in [0.25, 0.3) is 11.0 Å². The molecule has 1 atom stereocenters. The molecule has 1 aliphatic rings. The maximum atomic E-state index is 12.8. The molecule has 7 nitrogen and oxygen atoms in total. The zero-order valence-electron chi connectivity index (χ0n) is 15.0. The summed E-state index contributed by atoms with van der Waals surface area (Å²) in [4.78, 5) is 44.2. The van der Waals surface area contributed by atoms with Crippen LogP contribution in [0.1, 0.15) is 62.5 Å². The molecule has 7 heteroatoms. The number of pyridine rings is 1. The van der Waals surface area contributed by atoms with Crippen LogP contribution < -0.4 is 16.6 Å². The van der Waals surface area contributed by atoms with Crippen molar-refractivity contribution < 1.29 is 4.79 Å². The van der Waals surface area contributed by atoms with E-state index in [-0.39, 0.29) is 23.3 Å². The molecule has 0 saturated heterocycles. The van der Waals surface area contributed by atoms with Gasteiger partial charge in [0.2, 0.25) is 0 Å². The molecule has 1 unspecified atom stereocenters. The highest BCUT2D eigenvalue weighted by Crippen LogP contribution is 2.39. The molecule has 134 valence electrons. The first-order valence-corrected chi connectivity index (χ1v) is 8.82. The van der Waals surface area contributed by atoms with Gasteiger partial charge in [0.15, 0.2) is 5.65 Å². The normalized spacial score (nSPS) is 15.6. The molecule has 0 bridgehead atoms. The van der Waals surface area contributed by atoms with E-state index in [1.165, 1.54) is 4.57 Å². The molecule has 0 radical (unpaired) electrons. The molecule has 1 fully saturated rings. The molecule has 3 rings (SSSR count). The first-order valence-electron chi connectivity index (χ1n) is 8.82. The van der Waals surface area contributed by atoms with Gasteiger partial charge < -0.3 is 5.32 Å². The Balaban J connectivity index is 2.24. The second-order valence-corrected chi connectivity index (χ2v) is 7.08. The van der Waals surface area contributed by atoms with E-state index in [1.54, 1.807) is 6.07 Å². The van der Waals surface area contributed by atoms with Crippen molar-refractivity contribution in [1.29, 1.82) is 0 Å². The van der Waals surface area contributed by atoms with Crippen molar-refractivity contribution in [1.82, 2.24) is 19.9 Å². The summed E-state index contributed by atoms with van der Waals surface area (Å²) in [6.07, 6.45) is 2.03. The summed E-state index contributed by atoms with van der Waals surface area (Å²) in [7, 11) is 0. The van der Waals surface area contributed by atoms with E-state index < -0.39 is 11.2 Å². The molecule has 0 spiro atoms. The predicted octanol–water partition coefficient (Wildman–Crippen LogP) is 1.76. The van der Waals surface area contributed by atoms with Crippen molar-refractivity contribution in [2.75, 3.05) is 0 Å². The van der Waals surface area contributed by atoms with E-state index in [0.717, 1.165) is 18.5 Å². The van der Waals surface area contributed by atoms with E-state index in [9.17, 15) is 14.4 Å². The van der Waals surface area contributed by atoms with Crippen molar-refractivity contribution in [2.24, 2.45) is 5.92 Å². The number of fused-ring (bicyclic) bond motifs is 1. The summed E-state index contributed by atoms with van der Waals surface area (Å²) >= 11 is 0. The third kappa shape index (κ3) is 3.23. The molecule has 0 aromatic carbocycles. The zero-order chi connectivity index (χ0) is 18.3. The number of H-pyrrole nitrogens is 1. The lowest BCUT2D eigenvalue weighted by Crippen LogP contribution is -2.38. The summed E-state index contributed by atoms with van der Waals surface area (Å²) < 4.78 is 1.41. The van der Waals surface area contributed by atoms with Crippen molar-refractivity contribution in [3.8, 4) is 0 Å². The second-order valence-electron chi connectivity index (χ2n) is 7.08. The highest BCUT2D eigenvalue weighted by Gasteiger charge is 2.29. The number of nitrogens with one attached hydrogen (secondary N) is 2. The number of carbonyl (C=O) groups is 1. The topological polar surface area (TPSA) is 96.9 Å². The molecule has 2 N–H and O–H groups in total. The lowest BCUT2D eigenvalue weighted by Gasteiger charge is -2.18. The lowest BCUT2D eigenvalue weighted by molar-refractivity contribution is 0.0932. The number of aromatic amines is 1. The summed E-state index contributed by atoms with van der Waals surface area (Å²) in [5.74, 6) is 0.271. The van der Waals surface area contributed by atoms with Crippen LogP contribution in [0, 0.1) is 5.92 Å². The maximum absolute atomic E-state index is 12.8. The van der Waals surface area contributed by atoms with Crippen molar-refractivity contribution >= 4 is 16.9 Å². The minimum atomic E-state index is -0.568. The van der Waals surface area contributed by atoms with E-state index >= 15 is 0 Å². The Kier molecular flexibility index (Phi) is 4.49. The number of nitrogens with zero attached hydrogens (tertiary/aromatic N) is 2. The third-order valence-electron chi connectivity index (χ3n) is 4.88. The summed E-state index contributed by atoms with van der Waals surface area (Å²) in [5, 5.41) is 3.13. The number of aryl methyl sites for hydroxylation is 1. The highest BCUT2D eigenvalue weighted by atomic mass is 16.2. The van der Waals surface area contributed by atoms with Crippen LogP contribution in [-0.2, 0) is 6.54 Å². The van der Waals surface area contributed by atoms with Gasteiger partial charge in [0, 0.05) is 24.2 Å². The number of carbonyl (C=O) groups excluding carboxylic acids is 1. The van der Waals surface area contributed by atoms with E-state index in [2.05, 4.69) is 15.3 Å². The monoisotopic (exact) mass is 344 g/mol. The Hall–Kier alpha value is -2.44. The molecule has 1 aliphatic carbocycles. The molecule has 0 aliphatic heterocycles. The van der Waals surface area contributed by atoms with Crippen LogP contribution in [0.3, 0.4) is 0 Å². The van der Waals surface area contributed by atoms with Gasteiger partial charge >= 0.3 is 5.69 Å². The van der Waals surface area contributed by atoms with Crippen molar-refractivity contribution in [3.05, 3.63) is 38.2 Å². The van der Waals surface area contributed by atoms with Gasteiger partial charge in [0.1, 0.15) is 0 Å². The molecular formula is C18H24N4O3. The predicted molar refractivity (Wildman–Crippen MR) is 96.0 cm³/mol. The average Bonchev–Trinajstić information content (AvgIpc) is 3.38. The van der Waals surface area contributed by atoms with E-state index in [1.807, 2.05) is 27.7 Å². The SMILES string of the molecule is CCn1c(=O)[nH]c(=O)c2c(C(=O)NC(C)C(C)C)cc(C3CC3)nc21. The van der Waals surface area contributed by atoms with Crippen molar-refractivity contribution in [3.63, 3.8) is 0 Å². The summed E-state index contributed by atoms with van der Waals surface area (Å²) in [5.41, 5.74) is 0.303. The lowest BCUT2D eigenvalue weighted by atomic mass is 10.0. The van der Waals surface area contributed by atoms with E-state index in [4.69, 9.17) is 0 Å². The summed E-state index contributed by atoms with van der Waals surface area (Å²) in [6.45, 7) is 8.15. The van der Waals surface area contributed by atoms with E-state index in [0.29, 0.717) is 23.7 Å². The number of hydrogen-bond donors (Lipinski definition) is 2. The smallest absolute Gasteiger partial charge is 0.329 e. The molecular weight excluding hydrogens is 320 g/mol. The zero-order valence-corrected chi connectivity index (χ0v) is 15.0. The second kappa shape index (κ2) is 6.46. The van der Waals surface area contributed by atoms with Gasteiger partial charge in [0.25, 0.3) is 11.5 Å². The molecule has 25 heavy (non-hydrogen) atoms. The largest absolute Gasteiger partial charge is 0.349 e. The van der Waals surface area contributed by atoms with Crippen LogP contribution >= 0.6 is 0 Å². The maximum Gasteiger partial charge on any atom is 0.329 e. The van der Waals surface area contributed by atoms with Crippen molar-refractivity contribution in [2.45, 2.75) is 59.0 Å². The highest BCUT2D eigenvalue weighted by molar-refractivity contribution is 6.05. The van der Waals surface area contributed by atoms with Crippen LogP contribution in [0.2, 0.25) is 0 Å². The Labute approximate surface area is 145 Å². The van der Waals surface area contributed by atoms with Gasteiger partial charge in [-0.05, 0) is 38.7 Å². The Morgan fingerprint density at radius 1 is 1.36 bits per heavy atom. The third-order valence-corrected chi connectivity index (χ3v) is 4.88. The molecule has 2 aromatic heterocycles. The van der Waals surface area contributed by atoms with Crippen LogP contribution in [0.15, 0.2) is 15.7 Å². The van der Waals surface area contributed by atoms with Gasteiger partial charge in [-0.3, -0.25) is 19.1 Å². The molecule has 2 heterocycles. The van der Waals surface area contributed by atoms with Gasteiger partial charge in [-0.1, -0.05) is 13.8 Å². The fourth-order valence-electron chi connectivity index (χ4n) is 2.81. The van der Waals surface area contributed by atoms with Gasteiger partial charge in [-0.2, -0.15) is 0 Å². The van der Waals surface area contributed by atoms with Gasteiger partial charge in [0.05, 0.1) is 10.9 Å². The first kappa shape index (κ1) is 17.4. The fourth-order valence-corrected chi connectivity index (χ4v) is 2.81. The fraction of sp³-hybridized carbons (Fsp3) is 0.556. The number of aromatic nitrogens is 3. The van der Waals surface area contributed by atoms with Crippen LogP contribution in [0.5, 0.6) is 0 Å². The molecule has 1 amide bonds. The molecule has 1 saturated carbocycles. The Morgan fingerprint density at radius 2 is 2.04 bits per heavy atom. The number of hydrogen-bond acceptors (Lipinski definition) is 4. The summed E-state index contributed by atoms with van der Waals surface area (Å²) in [6, 6.07) is 1.68. The first-order chi connectivity index (χ1) is 11.8. The molecule has 2 aromatic rings. The minimum Gasteiger partial charge on any atom is -0.349 e. The standard InChI is InChI=1S/C18H24N4O3/c1-5-22-15-14(17(24)21-18(22)25)12(8-13(20-15)11-6-7-11)16(23)19-10(4)9(2)3/h8-11H,5-7H2,1-4H3,(H,19,23)(H,21,24,25). The van der Waals surface area contributed by atoms with Crippen LogP contribution in [0.4, 0.5) is 0 Å². The minimum absolute atomic E-state index is 0.0312. The number of amides is 1. The number of rotatable bonds is 5. The Bertz CT molecular complexity index is 938. The van der Waals surface area contributed by atoms with Gasteiger partial charge in [-0.25, -0.2) is 9.78 Å². The van der Waals surface area contributed by atoms with Gasteiger partial charge in [-0.15, -0.1) is 0 Å². The van der Waals surface area contributed by atoms with Crippen LogP contribution in [-0.4, -0.2) is 26.5 Å². The quantitative estimate of drug-likeness (QED) is 0.863. The average molecular weight is 344 g/mol.